The predicted molar refractivity (Wildman–Crippen MR) is 60.7 cm³/mol. The van der Waals surface area contributed by atoms with E-state index in [-0.39, 0.29) is 12.0 Å². The van der Waals surface area contributed by atoms with Crippen LogP contribution in [0.25, 0.3) is 0 Å². The Morgan fingerprint density at radius 1 is 1.22 bits per heavy atom. The molecule has 1 heterocycles. The molecule has 0 spiro atoms. The van der Waals surface area contributed by atoms with Crippen molar-refractivity contribution in [1.82, 2.24) is 5.32 Å². The average molecular weight is 267 g/mol. The van der Waals surface area contributed by atoms with Gasteiger partial charge < -0.3 is 36.0 Å². The summed E-state index contributed by atoms with van der Waals surface area (Å²) in [6.45, 7) is 1.28. The maximum absolute atomic E-state index is 11.5. The lowest BCUT2D eigenvalue weighted by Crippen LogP contribution is -2.53. The molecule has 0 aliphatic carbocycles. The van der Waals surface area contributed by atoms with E-state index in [9.17, 15) is 25.2 Å². The monoisotopic (exact) mass is 267 g/mol. The second-order valence-electron chi connectivity index (χ2n) is 4.12. The first-order chi connectivity index (χ1) is 7.97. The minimum Gasteiger partial charge on any atom is -0.462 e. The second kappa shape index (κ2) is 7.62. The molecule has 1 fully saturated rings. The number of hydrogen-bond acceptors (Lipinski definition) is 7. The molecule has 1 unspecified atom stereocenters. The summed E-state index contributed by atoms with van der Waals surface area (Å²) in [4.78, 5) is 11.5. The van der Waals surface area contributed by atoms with Gasteiger partial charge in [0.15, 0.2) is 0 Å². The van der Waals surface area contributed by atoms with Crippen molar-refractivity contribution in [3.63, 3.8) is 0 Å². The SMILES string of the molecule is CCC1NC[C@@H](O)[C@@H](O)[C@H](O)[C@@H](O)COC1=O.O. The number of aliphatic hydroxyl groups is 4. The van der Waals surface area contributed by atoms with E-state index in [1.807, 2.05) is 0 Å². The van der Waals surface area contributed by atoms with Crippen LogP contribution in [0, 0.1) is 0 Å². The van der Waals surface area contributed by atoms with Gasteiger partial charge in [-0.25, -0.2) is 0 Å². The van der Waals surface area contributed by atoms with Crippen LogP contribution in [-0.4, -0.2) is 75.5 Å². The van der Waals surface area contributed by atoms with Gasteiger partial charge in [-0.1, -0.05) is 6.92 Å². The molecule has 8 heteroatoms. The first kappa shape index (κ1) is 17.2. The molecule has 108 valence electrons. The zero-order valence-electron chi connectivity index (χ0n) is 10.1. The van der Waals surface area contributed by atoms with Crippen LogP contribution in [0.1, 0.15) is 13.3 Å². The van der Waals surface area contributed by atoms with E-state index in [1.165, 1.54) is 0 Å². The molecular weight excluding hydrogens is 246 g/mol. The van der Waals surface area contributed by atoms with Crippen LogP contribution in [0.4, 0.5) is 0 Å². The van der Waals surface area contributed by atoms with Crippen molar-refractivity contribution in [3.8, 4) is 0 Å². The van der Waals surface area contributed by atoms with Crippen LogP contribution in [0.15, 0.2) is 0 Å². The largest absolute Gasteiger partial charge is 0.462 e. The number of ether oxygens (including phenoxy) is 1. The molecule has 0 amide bonds. The summed E-state index contributed by atoms with van der Waals surface area (Å²) in [6, 6.07) is -0.598. The molecule has 0 radical (unpaired) electrons. The number of esters is 1. The maximum atomic E-state index is 11.5. The number of nitrogens with one attached hydrogen (secondary N) is 1. The Labute approximate surface area is 105 Å². The Morgan fingerprint density at radius 3 is 2.33 bits per heavy atom. The van der Waals surface area contributed by atoms with Crippen molar-refractivity contribution >= 4 is 5.97 Å². The van der Waals surface area contributed by atoms with Crippen LogP contribution < -0.4 is 5.32 Å². The van der Waals surface area contributed by atoms with Gasteiger partial charge in [-0.2, -0.15) is 0 Å². The Balaban J connectivity index is 0.00000289. The van der Waals surface area contributed by atoms with Gasteiger partial charge in [0.1, 0.15) is 31.0 Å². The molecule has 0 aromatic rings. The van der Waals surface area contributed by atoms with Crippen LogP contribution in [0.3, 0.4) is 0 Å². The second-order valence-corrected chi connectivity index (χ2v) is 4.12. The molecule has 8 nitrogen and oxygen atoms in total. The van der Waals surface area contributed by atoms with E-state index in [4.69, 9.17) is 4.74 Å². The van der Waals surface area contributed by atoms with Crippen molar-refractivity contribution < 1.29 is 35.4 Å². The summed E-state index contributed by atoms with van der Waals surface area (Å²) in [5.41, 5.74) is 0. The van der Waals surface area contributed by atoms with Crippen LogP contribution in [0.2, 0.25) is 0 Å². The van der Waals surface area contributed by atoms with Gasteiger partial charge in [-0.3, -0.25) is 4.79 Å². The zero-order valence-corrected chi connectivity index (χ0v) is 10.1. The summed E-state index contributed by atoms with van der Waals surface area (Å²) in [7, 11) is 0. The molecule has 0 saturated carbocycles. The quantitative estimate of drug-likeness (QED) is 0.310. The van der Waals surface area contributed by atoms with E-state index in [1.54, 1.807) is 6.92 Å². The van der Waals surface area contributed by atoms with Crippen molar-refractivity contribution in [2.24, 2.45) is 0 Å². The van der Waals surface area contributed by atoms with E-state index < -0.39 is 43.0 Å². The summed E-state index contributed by atoms with van der Waals surface area (Å²) in [5, 5.41) is 40.7. The highest BCUT2D eigenvalue weighted by Crippen LogP contribution is 2.08. The molecule has 1 aliphatic rings. The number of carbonyl (C=O) groups excluding carboxylic acids is 1. The van der Waals surface area contributed by atoms with Crippen molar-refractivity contribution in [3.05, 3.63) is 0 Å². The molecule has 0 bridgehead atoms. The van der Waals surface area contributed by atoms with Crippen molar-refractivity contribution in [2.75, 3.05) is 13.2 Å². The van der Waals surface area contributed by atoms with E-state index in [0.717, 1.165) is 0 Å². The third kappa shape index (κ3) is 4.16. The highest BCUT2D eigenvalue weighted by Gasteiger charge is 2.33. The molecular formula is C10H21NO7. The molecule has 5 atom stereocenters. The molecule has 0 aromatic carbocycles. The van der Waals surface area contributed by atoms with Gasteiger partial charge in [0.25, 0.3) is 0 Å². The number of hydrogen-bond donors (Lipinski definition) is 5. The van der Waals surface area contributed by atoms with Crippen LogP contribution in [0.5, 0.6) is 0 Å². The molecule has 1 rings (SSSR count). The summed E-state index contributed by atoms with van der Waals surface area (Å²) < 4.78 is 4.78. The fourth-order valence-electron chi connectivity index (χ4n) is 1.60. The number of cyclic esters (lactones) is 1. The van der Waals surface area contributed by atoms with Gasteiger partial charge in [0, 0.05) is 6.54 Å². The van der Waals surface area contributed by atoms with Gasteiger partial charge in [-0.15, -0.1) is 0 Å². The molecule has 1 saturated heterocycles. The van der Waals surface area contributed by atoms with Crippen LogP contribution in [-0.2, 0) is 9.53 Å². The fourth-order valence-corrected chi connectivity index (χ4v) is 1.60. The lowest BCUT2D eigenvalue weighted by molar-refractivity contribution is -0.160. The first-order valence-electron chi connectivity index (χ1n) is 5.59. The topological polar surface area (TPSA) is 151 Å². The highest BCUT2D eigenvalue weighted by molar-refractivity contribution is 5.75. The van der Waals surface area contributed by atoms with Gasteiger partial charge in [0.2, 0.25) is 0 Å². The lowest BCUT2D eigenvalue weighted by Gasteiger charge is -2.29. The molecule has 18 heavy (non-hydrogen) atoms. The molecule has 0 aromatic heterocycles. The maximum Gasteiger partial charge on any atom is 0.323 e. The smallest absolute Gasteiger partial charge is 0.323 e. The molecule has 1 aliphatic heterocycles. The number of rotatable bonds is 1. The first-order valence-corrected chi connectivity index (χ1v) is 5.59. The normalized spacial score (nSPS) is 38.5. The lowest BCUT2D eigenvalue weighted by atomic mass is 10.0. The Morgan fingerprint density at radius 2 is 1.78 bits per heavy atom. The Hall–Kier alpha value is -0.770. The predicted octanol–water partition coefficient (Wildman–Crippen LogP) is -3.47. The highest BCUT2D eigenvalue weighted by atomic mass is 16.5. The van der Waals surface area contributed by atoms with E-state index in [0.29, 0.717) is 6.42 Å². The summed E-state index contributed by atoms with van der Waals surface area (Å²) >= 11 is 0. The minimum atomic E-state index is -1.56. The van der Waals surface area contributed by atoms with E-state index in [2.05, 4.69) is 5.32 Å². The number of β-amino-alcohol motifs (C(OH)–C–C–N with tert-alkyl or cyclic N) is 1. The molecule has 7 N–H and O–H groups in total. The summed E-state index contributed by atoms with van der Waals surface area (Å²) in [6.07, 6.45) is -5.27. The Bertz CT molecular complexity index is 263. The van der Waals surface area contributed by atoms with Gasteiger partial charge in [-0.05, 0) is 6.42 Å². The number of carbonyl (C=O) groups is 1. The fraction of sp³-hybridized carbons (Fsp3) is 0.900. The van der Waals surface area contributed by atoms with Crippen molar-refractivity contribution in [1.29, 1.82) is 0 Å². The third-order valence-corrected chi connectivity index (χ3v) is 2.80. The third-order valence-electron chi connectivity index (χ3n) is 2.80. The van der Waals surface area contributed by atoms with Gasteiger partial charge in [0.05, 0.1) is 6.10 Å². The van der Waals surface area contributed by atoms with Crippen LogP contribution >= 0.6 is 0 Å². The number of aliphatic hydroxyl groups excluding tert-OH is 4. The van der Waals surface area contributed by atoms with E-state index >= 15 is 0 Å². The summed E-state index contributed by atoms with van der Waals surface area (Å²) in [5.74, 6) is -0.553. The minimum absolute atomic E-state index is 0. The standard InChI is InChI=1S/C10H19NO6.H2O/c1-2-5-10(16)17-4-7(13)9(15)8(14)6(12)3-11-5;/h5-9,11-15H,2-4H2,1H3;1H2/t5?,6-,7+,8-,9-;/m1./s1. The van der Waals surface area contributed by atoms with Crippen molar-refractivity contribution in [2.45, 2.75) is 43.8 Å². The Kier molecular flexibility index (Phi) is 7.29. The van der Waals surface area contributed by atoms with Gasteiger partial charge >= 0.3 is 5.97 Å². The average Bonchev–Trinajstić information content (AvgIpc) is 2.33. The zero-order chi connectivity index (χ0) is 13.0.